The first-order valence-electron chi connectivity index (χ1n) is 6.91. The molecule has 0 radical (unpaired) electrons. The molecule has 0 aromatic carbocycles. The van der Waals surface area contributed by atoms with Crippen LogP contribution < -0.4 is 4.90 Å². The first kappa shape index (κ1) is 16.3. The molecule has 1 saturated carbocycles. The first-order valence-corrected chi connectivity index (χ1v) is 6.91. The predicted octanol–water partition coefficient (Wildman–Crippen LogP) is 4.06. The number of nitrogens with zero attached hydrogens (tertiary/aromatic N) is 3. The Morgan fingerprint density at radius 1 is 1.13 bits per heavy atom. The summed E-state index contributed by atoms with van der Waals surface area (Å²) in [5.41, 5.74) is -4.39. The molecular formula is C13H12F7N3. The van der Waals surface area contributed by atoms with E-state index < -0.39 is 47.7 Å². The Morgan fingerprint density at radius 2 is 1.78 bits per heavy atom. The summed E-state index contributed by atoms with van der Waals surface area (Å²) >= 11 is 0. The summed E-state index contributed by atoms with van der Waals surface area (Å²) in [4.78, 5) is 7.22. The molecule has 3 nitrogen and oxygen atoms in total. The van der Waals surface area contributed by atoms with E-state index in [2.05, 4.69) is 9.97 Å². The van der Waals surface area contributed by atoms with Gasteiger partial charge in [-0.25, -0.2) is 27.5 Å². The fraction of sp³-hybridized carbons (Fsp3) is 0.692. The second-order valence-corrected chi connectivity index (χ2v) is 5.92. The van der Waals surface area contributed by atoms with Crippen LogP contribution in [0.5, 0.6) is 0 Å². The second kappa shape index (κ2) is 4.94. The van der Waals surface area contributed by atoms with Crippen LogP contribution in [0.15, 0.2) is 6.20 Å². The zero-order valence-corrected chi connectivity index (χ0v) is 11.7. The van der Waals surface area contributed by atoms with Gasteiger partial charge in [-0.05, 0) is 19.3 Å². The second-order valence-electron chi connectivity index (χ2n) is 5.92. The number of aromatic nitrogens is 2. The fourth-order valence-corrected chi connectivity index (χ4v) is 2.89. The lowest BCUT2D eigenvalue weighted by Crippen LogP contribution is -2.50. The lowest BCUT2D eigenvalue weighted by atomic mass is 9.89. The van der Waals surface area contributed by atoms with Gasteiger partial charge < -0.3 is 4.90 Å². The number of alkyl halides is 7. The third-order valence-electron chi connectivity index (χ3n) is 4.47. The number of hydrogen-bond acceptors (Lipinski definition) is 3. The molecular weight excluding hydrogens is 331 g/mol. The molecule has 0 amide bonds. The van der Waals surface area contributed by atoms with Crippen molar-refractivity contribution in [3.8, 4) is 0 Å². The average Bonchev–Trinajstić information content (AvgIpc) is 3.22. The van der Waals surface area contributed by atoms with Crippen LogP contribution in [0.3, 0.4) is 0 Å². The molecule has 1 spiro atoms. The quantitative estimate of drug-likeness (QED) is 0.759. The molecule has 23 heavy (non-hydrogen) atoms. The van der Waals surface area contributed by atoms with Crippen molar-refractivity contribution in [1.29, 1.82) is 0 Å². The van der Waals surface area contributed by atoms with Gasteiger partial charge >= 0.3 is 6.18 Å². The van der Waals surface area contributed by atoms with Crippen molar-refractivity contribution < 1.29 is 30.7 Å². The zero-order valence-electron chi connectivity index (χ0n) is 11.7. The highest BCUT2D eigenvalue weighted by Gasteiger charge is 2.63. The summed E-state index contributed by atoms with van der Waals surface area (Å²) in [6.07, 6.45) is -7.00. The van der Waals surface area contributed by atoms with Crippen molar-refractivity contribution in [2.45, 2.75) is 37.8 Å². The van der Waals surface area contributed by atoms with E-state index in [0.29, 0.717) is 19.0 Å². The third kappa shape index (κ3) is 2.72. The van der Waals surface area contributed by atoms with Gasteiger partial charge in [0.25, 0.3) is 12.3 Å². The minimum atomic E-state index is -5.13. The van der Waals surface area contributed by atoms with Crippen molar-refractivity contribution in [2.24, 2.45) is 5.41 Å². The van der Waals surface area contributed by atoms with E-state index >= 15 is 0 Å². The van der Waals surface area contributed by atoms with Gasteiger partial charge in [-0.3, -0.25) is 0 Å². The lowest BCUT2D eigenvalue weighted by molar-refractivity contribution is -0.143. The zero-order chi connectivity index (χ0) is 17.0. The summed E-state index contributed by atoms with van der Waals surface area (Å²) < 4.78 is 92.0. The van der Waals surface area contributed by atoms with Crippen molar-refractivity contribution in [1.82, 2.24) is 9.97 Å². The topological polar surface area (TPSA) is 29.0 Å². The first-order chi connectivity index (χ1) is 10.6. The summed E-state index contributed by atoms with van der Waals surface area (Å²) in [7, 11) is 0. The van der Waals surface area contributed by atoms with E-state index in [0.717, 1.165) is 4.90 Å². The number of piperidine rings is 1. The van der Waals surface area contributed by atoms with E-state index in [-0.39, 0.29) is 13.0 Å². The predicted molar refractivity (Wildman–Crippen MR) is 65.4 cm³/mol. The normalized spacial score (nSPS) is 22.7. The Bertz CT molecular complexity index is 610. The Morgan fingerprint density at radius 3 is 2.26 bits per heavy atom. The largest absolute Gasteiger partial charge is 0.435 e. The SMILES string of the molecule is FC(F)c1ncc(N2CCC3(CC3)C(F)(F)C2)nc1C(F)(F)F. The highest BCUT2D eigenvalue weighted by Crippen LogP contribution is 2.61. The number of halogens is 7. The fourth-order valence-electron chi connectivity index (χ4n) is 2.89. The third-order valence-corrected chi connectivity index (χ3v) is 4.47. The molecule has 0 atom stereocenters. The molecule has 2 fully saturated rings. The van der Waals surface area contributed by atoms with Crippen molar-refractivity contribution in [3.63, 3.8) is 0 Å². The molecule has 0 unspecified atom stereocenters. The van der Waals surface area contributed by atoms with E-state index in [1.165, 1.54) is 0 Å². The molecule has 128 valence electrons. The summed E-state index contributed by atoms with van der Waals surface area (Å²) in [5, 5.41) is 0. The molecule has 2 aliphatic rings. The Hall–Kier alpha value is -1.61. The smallest absolute Gasteiger partial charge is 0.349 e. The maximum absolute atomic E-state index is 14.1. The highest BCUT2D eigenvalue weighted by atomic mass is 19.4. The van der Waals surface area contributed by atoms with Gasteiger partial charge in [-0.1, -0.05) is 0 Å². The Kier molecular flexibility index (Phi) is 3.49. The van der Waals surface area contributed by atoms with Gasteiger partial charge in [0, 0.05) is 12.0 Å². The Balaban J connectivity index is 1.92. The molecule has 1 saturated heterocycles. The van der Waals surface area contributed by atoms with E-state index in [9.17, 15) is 30.7 Å². The lowest BCUT2D eigenvalue weighted by Gasteiger charge is -2.39. The molecule has 2 heterocycles. The minimum absolute atomic E-state index is 0.0928. The van der Waals surface area contributed by atoms with Crippen molar-refractivity contribution >= 4 is 5.82 Å². The van der Waals surface area contributed by atoms with Crippen LogP contribution in [-0.4, -0.2) is 29.0 Å². The molecule has 0 N–H and O–H groups in total. The van der Waals surface area contributed by atoms with Crippen LogP contribution in [0.25, 0.3) is 0 Å². The maximum atomic E-state index is 14.1. The minimum Gasteiger partial charge on any atom is -0.349 e. The van der Waals surface area contributed by atoms with E-state index in [1.54, 1.807) is 0 Å². The van der Waals surface area contributed by atoms with Gasteiger partial charge in [0.05, 0.1) is 12.7 Å². The molecule has 3 rings (SSSR count). The van der Waals surface area contributed by atoms with Crippen molar-refractivity contribution in [2.75, 3.05) is 18.0 Å². The standard InChI is InChI=1S/C13H12F7N3/c14-10(15)8-9(13(18,19)20)22-7(5-21-8)23-4-3-11(1-2-11)12(16,17)6-23/h5,10H,1-4,6H2. The Labute approximate surface area is 126 Å². The van der Waals surface area contributed by atoms with Crippen LogP contribution in [0, 0.1) is 5.41 Å². The summed E-state index contributed by atoms with van der Waals surface area (Å²) in [6, 6.07) is 0. The van der Waals surface area contributed by atoms with Crippen LogP contribution in [0.4, 0.5) is 36.6 Å². The molecule has 1 aliphatic carbocycles. The van der Waals surface area contributed by atoms with E-state index in [4.69, 9.17) is 0 Å². The number of rotatable bonds is 2. The van der Waals surface area contributed by atoms with E-state index in [1.807, 2.05) is 0 Å². The maximum Gasteiger partial charge on any atom is 0.435 e. The monoisotopic (exact) mass is 343 g/mol. The molecule has 1 aliphatic heterocycles. The van der Waals surface area contributed by atoms with Crippen LogP contribution in [-0.2, 0) is 6.18 Å². The molecule has 1 aromatic heterocycles. The number of anilines is 1. The van der Waals surface area contributed by atoms with Crippen LogP contribution in [0.1, 0.15) is 37.1 Å². The average molecular weight is 343 g/mol. The molecule has 10 heteroatoms. The van der Waals surface area contributed by atoms with Gasteiger partial charge in [-0.15, -0.1) is 0 Å². The van der Waals surface area contributed by atoms with Crippen LogP contribution in [0.2, 0.25) is 0 Å². The van der Waals surface area contributed by atoms with Crippen molar-refractivity contribution in [3.05, 3.63) is 17.6 Å². The summed E-state index contributed by atoms with van der Waals surface area (Å²) in [6.45, 7) is -0.692. The van der Waals surface area contributed by atoms with Crippen LogP contribution >= 0.6 is 0 Å². The molecule has 1 aromatic rings. The van der Waals surface area contributed by atoms with Gasteiger partial charge in [0.1, 0.15) is 11.5 Å². The highest BCUT2D eigenvalue weighted by molar-refractivity contribution is 5.41. The van der Waals surface area contributed by atoms with Gasteiger partial charge in [-0.2, -0.15) is 13.2 Å². The summed E-state index contributed by atoms with van der Waals surface area (Å²) in [5.74, 6) is -3.51. The molecule has 0 bridgehead atoms. The number of hydrogen-bond donors (Lipinski definition) is 0. The van der Waals surface area contributed by atoms with Gasteiger partial charge in [0.2, 0.25) is 0 Å². The van der Waals surface area contributed by atoms with Gasteiger partial charge in [0.15, 0.2) is 5.69 Å².